The van der Waals surface area contributed by atoms with Gasteiger partial charge in [-0.3, -0.25) is 0 Å². The first-order chi connectivity index (χ1) is 10.2. The van der Waals surface area contributed by atoms with Crippen LogP contribution in [0.25, 0.3) is 0 Å². The van der Waals surface area contributed by atoms with Crippen LogP contribution in [-0.2, 0) is 0 Å². The average Bonchev–Trinajstić information content (AvgIpc) is 2.50. The van der Waals surface area contributed by atoms with E-state index in [2.05, 4.69) is 12.2 Å². The van der Waals surface area contributed by atoms with Gasteiger partial charge in [-0.15, -0.1) is 0 Å². The Labute approximate surface area is 134 Å². The van der Waals surface area contributed by atoms with E-state index in [0.29, 0.717) is 0 Å². The number of hydrogen-bond acceptors (Lipinski definition) is 2. The van der Waals surface area contributed by atoms with Crippen LogP contribution in [0.5, 0.6) is 0 Å². The summed E-state index contributed by atoms with van der Waals surface area (Å²) in [7, 11) is 1.91. The number of aliphatic hydroxyl groups is 1. The molecule has 0 aliphatic rings. The number of hydrogen-bond donors (Lipinski definition) is 2. The normalized spacial score (nSPS) is 14.3. The van der Waals surface area contributed by atoms with Crippen LogP contribution in [0.1, 0.15) is 104 Å². The Morgan fingerprint density at radius 3 is 1.48 bits per heavy atom. The fraction of sp³-hybridized carbons (Fsp3) is 1.00. The average molecular weight is 300 g/mol. The second kappa shape index (κ2) is 16.3. The standard InChI is InChI=1S/C19H41NO/c1-4-5-6-7-8-9-10-11-12-13-14-15-16-17-19(21)18(2)20-3/h18-21H,4-17H2,1-3H3. The van der Waals surface area contributed by atoms with Crippen molar-refractivity contribution in [3.05, 3.63) is 0 Å². The number of likely N-dealkylation sites (N-methyl/N-ethyl adjacent to an activating group) is 1. The van der Waals surface area contributed by atoms with Gasteiger partial charge in [0.15, 0.2) is 0 Å². The van der Waals surface area contributed by atoms with Gasteiger partial charge in [-0.2, -0.15) is 0 Å². The quantitative estimate of drug-likeness (QED) is 0.372. The second-order valence-electron chi connectivity index (χ2n) is 6.68. The van der Waals surface area contributed by atoms with E-state index in [1.54, 1.807) is 0 Å². The lowest BCUT2D eigenvalue weighted by atomic mass is 10.0. The van der Waals surface area contributed by atoms with Gasteiger partial charge in [-0.1, -0.05) is 90.4 Å². The molecule has 0 aromatic rings. The van der Waals surface area contributed by atoms with E-state index in [1.165, 1.54) is 83.5 Å². The zero-order valence-electron chi connectivity index (χ0n) is 15.0. The number of nitrogens with one attached hydrogen (secondary N) is 1. The Kier molecular flexibility index (Phi) is 16.2. The molecule has 21 heavy (non-hydrogen) atoms. The Morgan fingerprint density at radius 2 is 1.10 bits per heavy atom. The van der Waals surface area contributed by atoms with Crippen LogP contribution in [0.4, 0.5) is 0 Å². The van der Waals surface area contributed by atoms with Crippen molar-refractivity contribution in [2.75, 3.05) is 7.05 Å². The molecular weight excluding hydrogens is 258 g/mol. The molecule has 0 aromatic carbocycles. The fourth-order valence-corrected chi connectivity index (χ4v) is 2.81. The number of rotatable bonds is 16. The van der Waals surface area contributed by atoms with Gasteiger partial charge in [0.05, 0.1) is 6.10 Å². The Bertz CT molecular complexity index is 196. The molecule has 2 unspecified atom stereocenters. The van der Waals surface area contributed by atoms with Gasteiger partial charge in [-0.25, -0.2) is 0 Å². The summed E-state index contributed by atoms with van der Waals surface area (Å²) in [5.41, 5.74) is 0. The minimum absolute atomic E-state index is 0.178. The van der Waals surface area contributed by atoms with Crippen LogP contribution in [0.3, 0.4) is 0 Å². The Morgan fingerprint density at radius 1 is 0.714 bits per heavy atom. The molecule has 0 radical (unpaired) electrons. The molecule has 0 saturated carbocycles. The first-order valence-electron chi connectivity index (χ1n) is 9.57. The molecule has 0 aliphatic carbocycles. The third kappa shape index (κ3) is 14.6. The third-order valence-corrected chi connectivity index (χ3v) is 4.64. The van der Waals surface area contributed by atoms with Gasteiger partial charge in [0.1, 0.15) is 0 Å². The zero-order chi connectivity index (χ0) is 15.8. The molecule has 0 aromatic heterocycles. The van der Waals surface area contributed by atoms with E-state index in [4.69, 9.17) is 0 Å². The highest BCUT2D eigenvalue weighted by Crippen LogP contribution is 2.13. The summed E-state index contributed by atoms with van der Waals surface area (Å²) >= 11 is 0. The van der Waals surface area contributed by atoms with Crippen molar-refractivity contribution in [2.24, 2.45) is 0 Å². The largest absolute Gasteiger partial charge is 0.392 e. The van der Waals surface area contributed by atoms with Crippen molar-refractivity contribution in [2.45, 2.75) is 116 Å². The van der Waals surface area contributed by atoms with Crippen LogP contribution in [0, 0.1) is 0 Å². The summed E-state index contributed by atoms with van der Waals surface area (Å²) in [6.07, 6.45) is 18.8. The van der Waals surface area contributed by atoms with E-state index < -0.39 is 0 Å². The minimum atomic E-state index is -0.178. The summed E-state index contributed by atoms with van der Waals surface area (Å²) in [6.45, 7) is 4.33. The van der Waals surface area contributed by atoms with Crippen molar-refractivity contribution in [3.8, 4) is 0 Å². The van der Waals surface area contributed by atoms with Crippen LogP contribution in [-0.4, -0.2) is 24.3 Å². The molecule has 2 heteroatoms. The molecule has 0 amide bonds. The predicted molar refractivity (Wildman–Crippen MR) is 94.8 cm³/mol. The van der Waals surface area contributed by atoms with E-state index in [-0.39, 0.29) is 12.1 Å². The number of unbranched alkanes of at least 4 members (excludes halogenated alkanes) is 12. The molecule has 0 spiro atoms. The smallest absolute Gasteiger partial charge is 0.0690 e. The summed E-state index contributed by atoms with van der Waals surface area (Å²) < 4.78 is 0. The van der Waals surface area contributed by atoms with Gasteiger partial charge < -0.3 is 10.4 Å². The van der Waals surface area contributed by atoms with Crippen LogP contribution in [0.2, 0.25) is 0 Å². The predicted octanol–water partition coefficient (Wildman–Crippen LogP) is 5.44. The van der Waals surface area contributed by atoms with E-state index >= 15 is 0 Å². The van der Waals surface area contributed by atoms with E-state index in [9.17, 15) is 5.11 Å². The lowest BCUT2D eigenvalue weighted by molar-refractivity contribution is 0.125. The zero-order valence-corrected chi connectivity index (χ0v) is 15.0. The van der Waals surface area contributed by atoms with Gasteiger partial charge in [0, 0.05) is 6.04 Å². The molecule has 2 nitrogen and oxygen atoms in total. The highest BCUT2D eigenvalue weighted by molar-refractivity contribution is 4.68. The number of aliphatic hydroxyl groups excluding tert-OH is 1. The topological polar surface area (TPSA) is 32.3 Å². The summed E-state index contributed by atoms with van der Waals surface area (Å²) in [6, 6.07) is 0.224. The Hall–Kier alpha value is -0.0800. The summed E-state index contributed by atoms with van der Waals surface area (Å²) in [4.78, 5) is 0. The highest BCUT2D eigenvalue weighted by Gasteiger charge is 2.10. The van der Waals surface area contributed by atoms with E-state index in [0.717, 1.165) is 6.42 Å². The summed E-state index contributed by atoms with van der Waals surface area (Å²) in [5, 5.41) is 12.9. The first-order valence-corrected chi connectivity index (χ1v) is 9.57. The van der Waals surface area contributed by atoms with Crippen molar-refractivity contribution in [1.82, 2.24) is 5.32 Å². The molecule has 0 rings (SSSR count). The molecule has 0 aliphatic heterocycles. The molecule has 0 saturated heterocycles. The third-order valence-electron chi connectivity index (χ3n) is 4.64. The Balaban J connectivity index is 3.09. The van der Waals surface area contributed by atoms with Crippen molar-refractivity contribution in [3.63, 3.8) is 0 Å². The van der Waals surface area contributed by atoms with Gasteiger partial charge >= 0.3 is 0 Å². The minimum Gasteiger partial charge on any atom is -0.392 e. The monoisotopic (exact) mass is 299 g/mol. The van der Waals surface area contributed by atoms with E-state index in [1.807, 2.05) is 14.0 Å². The molecule has 2 atom stereocenters. The first kappa shape index (κ1) is 20.9. The molecule has 0 heterocycles. The lowest BCUT2D eigenvalue weighted by Gasteiger charge is -2.17. The summed E-state index contributed by atoms with van der Waals surface area (Å²) in [5.74, 6) is 0. The maximum atomic E-state index is 9.83. The van der Waals surface area contributed by atoms with Crippen LogP contribution >= 0.6 is 0 Å². The molecule has 0 bridgehead atoms. The van der Waals surface area contributed by atoms with Crippen molar-refractivity contribution in [1.29, 1.82) is 0 Å². The molecule has 128 valence electrons. The molecule has 2 N–H and O–H groups in total. The van der Waals surface area contributed by atoms with Gasteiger partial charge in [0.25, 0.3) is 0 Å². The van der Waals surface area contributed by atoms with Crippen LogP contribution in [0.15, 0.2) is 0 Å². The van der Waals surface area contributed by atoms with Gasteiger partial charge in [-0.05, 0) is 20.4 Å². The second-order valence-corrected chi connectivity index (χ2v) is 6.68. The van der Waals surface area contributed by atoms with Crippen LogP contribution < -0.4 is 5.32 Å². The molecular formula is C19H41NO. The maximum absolute atomic E-state index is 9.83. The highest BCUT2D eigenvalue weighted by atomic mass is 16.3. The SMILES string of the molecule is CCCCCCCCCCCCCCCC(O)C(C)NC. The van der Waals surface area contributed by atoms with Crippen molar-refractivity contribution >= 4 is 0 Å². The van der Waals surface area contributed by atoms with Gasteiger partial charge in [0.2, 0.25) is 0 Å². The maximum Gasteiger partial charge on any atom is 0.0690 e. The van der Waals surface area contributed by atoms with Crippen molar-refractivity contribution < 1.29 is 5.11 Å². The fourth-order valence-electron chi connectivity index (χ4n) is 2.81. The molecule has 0 fully saturated rings. The lowest BCUT2D eigenvalue weighted by Crippen LogP contribution is -2.34.